The van der Waals surface area contributed by atoms with Gasteiger partial charge in [-0.2, -0.15) is 0 Å². The van der Waals surface area contributed by atoms with Gasteiger partial charge in [-0.25, -0.2) is 4.98 Å². The molecule has 0 bridgehead atoms. The molecule has 0 saturated carbocycles. The van der Waals surface area contributed by atoms with Crippen LogP contribution in [0.1, 0.15) is 34.1 Å². The maximum absolute atomic E-state index is 6.11. The number of anilines is 1. The van der Waals surface area contributed by atoms with Gasteiger partial charge in [0.25, 0.3) is 0 Å². The largest absolute Gasteiger partial charge is 0.490 e. The Hall–Kier alpha value is -0.845. The van der Waals surface area contributed by atoms with E-state index in [0.29, 0.717) is 0 Å². The molecule has 2 aliphatic rings. The molecule has 0 amide bonds. The van der Waals surface area contributed by atoms with E-state index in [2.05, 4.69) is 43.7 Å². The van der Waals surface area contributed by atoms with Gasteiger partial charge in [0.15, 0.2) is 5.13 Å². The molecule has 0 aliphatic carbocycles. The zero-order valence-corrected chi connectivity index (χ0v) is 13.4. The van der Waals surface area contributed by atoms with Crippen molar-refractivity contribution < 1.29 is 9.31 Å². The number of hydrogen-bond donors (Lipinski definition) is 0. The highest BCUT2D eigenvalue weighted by atomic mass is 32.1. The van der Waals surface area contributed by atoms with Crippen molar-refractivity contribution in [3.8, 4) is 0 Å². The maximum atomic E-state index is 6.11. The first-order valence-corrected chi connectivity index (χ1v) is 7.96. The van der Waals surface area contributed by atoms with Gasteiger partial charge in [0, 0.05) is 24.7 Å². The van der Waals surface area contributed by atoms with Crippen molar-refractivity contribution in [2.24, 2.45) is 0 Å². The highest BCUT2D eigenvalue weighted by molar-refractivity contribution is 7.13. The summed E-state index contributed by atoms with van der Waals surface area (Å²) in [7, 11) is -0.196. The molecule has 4 nitrogen and oxygen atoms in total. The van der Waals surface area contributed by atoms with Crippen LogP contribution in [0.5, 0.6) is 0 Å². The lowest BCUT2D eigenvalue weighted by Gasteiger charge is -2.32. The van der Waals surface area contributed by atoms with E-state index in [1.54, 1.807) is 11.3 Å². The van der Waals surface area contributed by atoms with E-state index in [0.717, 1.165) is 24.6 Å². The summed E-state index contributed by atoms with van der Waals surface area (Å²) >= 11 is 1.69. The molecule has 1 saturated heterocycles. The Kier molecular flexibility index (Phi) is 3.43. The third kappa shape index (κ3) is 2.40. The van der Waals surface area contributed by atoms with E-state index < -0.39 is 0 Å². The first-order valence-electron chi connectivity index (χ1n) is 7.08. The van der Waals surface area contributed by atoms with E-state index in [1.807, 2.05) is 11.6 Å². The van der Waals surface area contributed by atoms with Crippen LogP contribution < -0.4 is 4.90 Å². The lowest BCUT2D eigenvalue weighted by Crippen LogP contribution is -2.41. The zero-order chi connectivity index (χ0) is 14.4. The Bertz CT molecular complexity index is 497. The SMILES string of the molecule is CC1(C)OB(C2=CCN(c3nccs3)CC2)OC1(C)C. The molecule has 0 unspecified atom stereocenters. The molecule has 20 heavy (non-hydrogen) atoms. The molecule has 1 fully saturated rings. The Morgan fingerprint density at radius 3 is 2.45 bits per heavy atom. The fraction of sp³-hybridized carbons (Fsp3) is 0.643. The van der Waals surface area contributed by atoms with Crippen LogP contribution in [0.25, 0.3) is 0 Å². The molecule has 0 atom stereocenters. The summed E-state index contributed by atoms with van der Waals surface area (Å²) in [5, 5.41) is 3.11. The van der Waals surface area contributed by atoms with Gasteiger partial charge >= 0.3 is 7.12 Å². The second-order valence-corrected chi connectivity index (χ2v) is 7.25. The molecule has 3 heterocycles. The van der Waals surface area contributed by atoms with Gasteiger partial charge in [0.2, 0.25) is 0 Å². The van der Waals surface area contributed by atoms with E-state index >= 15 is 0 Å². The van der Waals surface area contributed by atoms with Crippen molar-refractivity contribution in [2.75, 3.05) is 18.0 Å². The monoisotopic (exact) mass is 292 g/mol. The van der Waals surface area contributed by atoms with Crippen molar-refractivity contribution in [3.63, 3.8) is 0 Å². The van der Waals surface area contributed by atoms with Crippen LogP contribution >= 0.6 is 11.3 Å². The molecule has 0 aromatic carbocycles. The van der Waals surface area contributed by atoms with Crippen LogP contribution in [0.3, 0.4) is 0 Å². The predicted octanol–water partition coefficient (Wildman–Crippen LogP) is 2.91. The van der Waals surface area contributed by atoms with Crippen LogP contribution in [0.2, 0.25) is 0 Å². The predicted molar refractivity (Wildman–Crippen MR) is 83.1 cm³/mol. The highest BCUT2D eigenvalue weighted by Gasteiger charge is 2.52. The highest BCUT2D eigenvalue weighted by Crippen LogP contribution is 2.39. The molecule has 108 valence electrons. The number of aromatic nitrogens is 1. The molecule has 3 rings (SSSR count). The minimum absolute atomic E-state index is 0.196. The van der Waals surface area contributed by atoms with Crippen LogP contribution in [0.4, 0.5) is 5.13 Å². The lowest BCUT2D eigenvalue weighted by atomic mass is 9.75. The molecular weight excluding hydrogens is 271 g/mol. The zero-order valence-electron chi connectivity index (χ0n) is 12.5. The minimum Gasteiger partial charge on any atom is -0.400 e. The average molecular weight is 292 g/mol. The normalized spacial score (nSPS) is 24.9. The van der Waals surface area contributed by atoms with Gasteiger partial charge in [-0.1, -0.05) is 6.08 Å². The van der Waals surface area contributed by atoms with Crippen LogP contribution in [0.15, 0.2) is 23.1 Å². The van der Waals surface area contributed by atoms with Crippen molar-refractivity contribution in [1.82, 2.24) is 4.98 Å². The second-order valence-electron chi connectivity index (χ2n) is 6.38. The fourth-order valence-electron chi connectivity index (χ4n) is 2.44. The van der Waals surface area contributed by atoms with Crippen LogP contribution in [-0.2, 0) is 9.31 Å². The third-order valence-electron chi connectivity index (χ3n) is 4.49. The van der Waals surface area contributed by atoms with Gasteiger partial charge in [-0.3, -0.25) is 0 Å². The smallest absolute Gasteiger partial charge is 0.400 e. The quantitative estimate of drug-likeness (QED) is 0.785. The van der Waals surface area contributed by atoms with Gasteiger partial charge < -0.3 is 14.2 Å². The summed E-state index contributed by atoms with van der Waals surface area (Å²) in [6, 6.07) is 0. The maximum Gasteiger partial charge on any atom is 0.490 e. The van der Waals surface area contributed by atoms with E-state index in [9.17, 15) is 0 Å². The first-order chi connectivity index (χ1) is 9.39. The van der Waals surface area contributed by atoms with Crippen LogP contribution in [-0.4, -0.2) is 36.4 Å². The molecule has 1 aromatic heterocycles. The van der Waals surface area contributed by atoms with Gasteiger partial charge in [0.05, 0.1) is 11.2 Å². The van der Waals surface area contributed by atoms with Crippen molar-refractivity contribution in [3.05, 3.63) is 23.1 Å². The standard InChI is InChI=1S/C14H21BN2O2S/c1-13(2)14(3,4)19-15(18-13)11-5-8-17(9-6-11)12-16-7-10-20-12/h5,7,10H,6,8-9H2,1-4H3. The summed E-state index contributed by atoms with van der Waals surface area (Å²) in [5.41, 5.74) is 0.743. The summed E-state index contributed by atoms with van der Waals surface area (Å²) in [4.78, 5) is 6.65. The van der Waals surface area contributed by atoms with Gasteiger partial charge in [0.1, 0.15) is 0 Å². The van der Waals surface area contributed by atoms with Gasteiger partial charge in [-0.05, 0) is 39.6 Å². The summed E-state index contributed by atoms with van der Waals surface area (Å²) in [5.74, 6) is 0. The Balaban J connectivity index is 1.69. The van der Waals surface area contributed by atoms with Crippen molar-refractivity contribution in [1.29, 1.82) is 0 Å². The Morgan fingerprint density at radius 1 is 1.25 bits per heavy atom. The average Bonchev–Trinajstić information content (AvgIpc) is 2.97. The Morgan fingerprint density at radius 2 is 1.95 bits per heavy atom. The number of thiazole rings is 1. The molecule has 0 N–H and O–H groups in total. The first kappa shape index (κ1) is 14.1. The molecule has 6 heteroatoms. The molecular formula is C14H21BN2O2S. The van der Waals surface area contributed by atoms with Gasteiger partial charge in [-0.15, -0.1) is 11.3 Å². The fourth-order valence-corrected chi connectivity index (χ4v) is 3.12. The summed E-state index contributed by atoms with van der Waals surface area (Å²) < 4.78 is 12.2. The van der Waals surface area contributed by atoms with Crippen molar-refractivity contribution >= 4 is 23.6 Å². The van der Waals surface area contributed by atoms with Crippen molar-refractivity contribution in [2.45, 2.75) is 45.3 Å². The minimum atomic E-state index is -0.259. The third-order valence-corrected chi connectivity index (χ3v) is 5.32. The lowest BCUT2D eigenvalue weighted by molar-refractivity contribution is 0.00578. The molecule has 0 spiro atoms. The van der Waals surface area contributed by atoms with E-state index in [4.69, 9.17) is 9.31 Å². The van der Waals surface area contributed by atoms with Crippen LogP contribution in [0, 0.1) is 0 Å². The topological polar surface area (TPSA) is 34.6 Å². The molecule has 0 radical (unpaired) electrons. The summed E-state index contributed by atoms with van der Waals surface area (Å²) in [6.07, 6.45) is 5.05. The molecule has 2 aliphatic heterocycles. The summed E-state index contributed by atoms with van der Waals surface area (Å²) in [6.45, 7) is 10.2. The number of hydrogen-bond acceptors (Lipinski definition) is 5. The van der Waals surface area contributed by atoms with E-state index in [-0.39, 0.29) is 18.3 Å². The second kappa shape index (κ2) is 4.86. The Labute approximate surface area is 124 Å². The van der Waals surface area contributed by atoms with E-state index in [1.165, 1.54) is 5.47 Å². The number of nitrogens with zero attached hydrogens (tertiary/aromatic N) is 2. The molecule has 1 aromatic rings. The number of rotatable bonds is 2.